The molecule has 30 heavy (non-hydrogen) atoms. The molecular weight excluding hydrogens is 400 g/mol. The number of benzene rings is 1. The molecule has 2 aromatic heterocycles. The van der Waals surface area contributed by atoms with Gasteiger partial charge < -0.3 is 20.3 Å². The summed E-state index contributed by atoms with van der Waals surface area (Å²) in [5.74, 6) is 1.59. The molecule has 2 heterocycles. The van der Waals surface area contributed by atoms with Gasteiger partial charge in [0.05, 0.1) is 13.7 Å². The first-order valence-corrected chi connectivity index (χ1v) is 10.7. The summed E-state index contributed by atoms with van der Waals surface area (Å²) in [7, 11) is 3.51. The van der Waals surface area contributed by atoms with Gasteiger partial charge in [0.1, 0.15) is 11.4 Å². The van der Waals surface area contributed by atoms with Crippen molar-refractivity contribution in [2.45, 2.75) is 46.2 Å². The summed E-state index contributed by atoms with van der Waals surface area (Å²) in [5.41, 5.74) is 1.63. The number of hydrogen-bond donors (Lipinski definition) is 2. The summed E-state index contributed by atoms with van der Waals surface area (Å²) in [6.45, 7) is 10.4. The number of aromatic nitrogens is 3. The fourth-order valence-electron chi connectivity index (χ4n) is 2.96. The number of carbonyl (C=O) groups excluding carboxylic acids is 1. The Hall–Kier alpha value is -2.81. The highest BCUT2D eigenvalue weighted by molar-refractivity contribution is 7.20. The molecule has 2 N–H and O–H groups in total. The zero-order valence-electron chi connectivity index (χ0n) is 18.6. The largest absolute Gasteiger partial charge is 0.497 e. The number of likely N-dealkylation sites (N-methyl/N-ethyl adjacent to an activating group) is 1. The summed E-state index contributed by atoms with van der Waals surface area (Å²) >= 11 is 1.45. The fraction of sp³-hybridized carbons (Fsp3) is 0.476. The topological polar surface area (TPSA) is 83.8 Å². The predicted molar refractivity (Wildman–Crippen MR) is 123 cm³/mol. The van der Waals surface area contributed by atoms with Gasteiger partial charge in [0.2, 0.25) is 16.0 Å². The third-order valence-corrected chi connectivity index (χ3v) is 5.23. The van der Waals surface area contributed by atoms with Crippen LogP contribution < -0.4 is 20.3 Å². The van der Waals surface area contributed by atoms with Gasteiger partial charge in [0.15, 0.2) is 5.82 Å². The number of nitrogens with zero attached hydrogens (tertiary/aromatic N) is 4. The number of methoxy groups -OCH3 is 1. The Morgan fingerprint density at radius 3 is 2.50 bits per heavy atom. The van der Waals surface area contributed by atoms with Crippen LogP contribution >= 0.6 is 11.3 Å². The van der Waals surface area contributed by atoms with Crippen LogP contribution in [0.3, 0.4) is 0 Å². The maximum absolute atomic E-state index is 12.1. The maximum atomic E-state index is 12.1. The third-order valence-electron chi connectivity index (χ3n) is 4.21. The highest BCUT2D eigenvalue weighted by Crippen LogP contribution is 2.35. The van der Waals surface area contributed by atoms with Gasteiger partial charge in [-0.25, -0.2) is 4.98 Å². The van der Waals surface area contributed by atoms with Crippen molar-refractivity contribution in [1.82, 2.24) is 19.9 Å². The molecule has 0 spiro atoms. The minimum absolute atomic E-state index is 0.0349. The Kier molecular flexibility index (Phi) is 6.21. The van der Waals surface area contributed by atoms with E-state index >= 15 is 0 Å². The molecule has 1 aromatic carbocycles. The van der Waals surface area contributed by atoms with E-state index in [2.05, 4.69) is 31.4 Å². The summed E-state index contributed by atoms with van der Waals surface area (Å²) < 4.78 is 7.09. The molecule has 0 fully saturated rings. The van der Waals surface area contributed by atoms with Crippen LogP contribution in [0.15, 0.2) is 24.3 Å². The summed E-state index contributed by atoms with van der Waals surface area (Å²) in [6, 6.07) is 7.92. The third kappa shape index (κ3) is 5.02. The lowest BCUT2D eigenvalue weighted by Crippen LogP contribution is -2.38. The lowest BCUT2D eigenvalue weighted by atomic mass is 10.1. The van der Waals surface area contributed by atoms with E-state index in [4.69, 9.17) is 14.8 Å². The molecular formula is C21H30N6O2S. The Morgan fingerprint density at radius 2 is 1.93 bits per heavy atom. The van der Waals surface area contributed by atoms with E-state index in [1.807, 2.05) is 54.6 Å². The van der Waals surface area contributed by atoms with Crippen molar-refractivity contribution < 1.29 is 9.53 Å². The Bertz CT molecular complexity index is 1020. The second kappa shape index (κ2) is 8.51. The number of carbonyl (C=O) groups is 1. The highest BCUT2D eigenvalue weighted by Gasteiger charge is 2.23. The molecule has 0 radical (unpaired) electrons. The first-order chi connectivity index (χ1) is 14.1. The zero-order chi connectivity index (χ0) is 22.1. The van der Waals surface area contributed by atoms with E-state index in [1.165, 1.54) is 11.3 Å². The molecule has 0 saturated carbocycles. The fourth-order valence-corrected chi connectivity index (χ4v) is 3.82. The van der Waals surface area contributed by atoms with Crippen LogP contribution in [0, 0.1) is 0 Å². The van der Waals surface area contributed by atoms with Crippen molar-refractivity contribution in [1.29, 1.82) is 0 Å². The Balaban J connectivity index is 1.97. The van der Waals surface area contributed by atoms with E-state index in [0.29, 0.717) is 0 Å². The lowest BCUT2D eigenvalue weighted by Gasteiger charge is -2.22. The van der Waals surface area contributed by atoms with E-state index in [0.717, 1.165) is 32.9 Å². The molecule has 0 aliphatic rings. The van der Waals surface area contributed by atoms with Crippen molar-refractivity contribution in [3.8, 4) is 17.0 Å². The number of anilines is 2. The van der Waals surface area contributed by atoms with Gasteiger partial charge in [-0.05, 0) is 58.9 Å². The molecule has 0 atom stereocenters. The summed E-state index contributed by atoms with van der Waals surface area (Å²) in [4.78, 5) is 19.6. The number of amides is 1. The van der Waals surface area contributed by atoms with Crippen molar-refractivity contribution in [3.63, 3.8) is 0 Å². The smallest absolute Gasteiger partial charge is 0.239 e. The van der Waals surface area contributed by atoms with Crippen molar-refractivity contribution >= 4 is 33.2 Å². The van der Waals surface area contributed by atoms with Crippen LogP contribution in [0.1, 0.15) is 34.6 Å². The monoisotopic (exact) mass is 430 g/mol. The summed E-state index contributed by atoms with van der Waals surface area (Å²) in [5, 5.41) is 11.9. The number of rotatable bonds is 7. The minimum Gasteiger partial charge on any atom is -0.497 e. The van der Waals surface area contributed by atoms with Crippen LogP contribution in [-0.2, 0) is 4.79 Å². The number of imidazole rings is 1. The highest BCUT2D eigenvalue weighted by atomic mass is 32.1. The summed E-state index contributed by atoms with van der Waals surface area (Å²) in [6.07, 6.45) is 0. The van der Waals surface area contributed by atoms with E-state index in [9.17, 15) is 4.79 Å². The molecule has 3 aromatic rings. The molecule has 0 aliphatic heterocycles. The quantitative estimate of drug-likeness (QED) is 0.595. The van der Waals surface area contributed by atoms with Crippen molar-refractivity contribution in [2.75, 3.05) is 30.9 Å². The first-order valence-electron chi connectivity index (χ1n) is 9.90. The van der Waals surface area contributed by atoms with Crippen LogP contribution in [0.4, 0.5) is 10.9 Å². The molecule has 0 bridgehead atoms. The number of fused-ring (bicyclic) bond motifs is 1. The second-order valence-electron chi connectivity index (χ2n) is 8.57. The molecule has 8 nitrogen and oxygen atoms in total. The van der Waals surface area contributed by atoms with Gasteiger partial charge in [-0.1, -0.05) is 11.3 Å². The van der Waals surface area contributed by atoms with E-state index in [1.54, 1.807) is 7.11 Å². The average molecular weight is 431 g/mol. The average Bonchev–Trinajstić information content (AvgIpc) is 3.19. The molecule has 3 rings (SSSR count). The number of hydrogen-bond acceptors (Lipinski definition) is 7. The lowest BCUT2D eigenvalue weighted by molar-refractivity contribution is -0.120. The van der Waals surface area contributed by atoms with Gasteiger partial charge in [-0.15, -0.1) is 5.10 Å². The minimum atomic E-state index is -0.177. The van der Waals surface area contributed by atoms with Crippen molar-refractivity contribution in [3.05, 3.63) is 24.3 Å². The Morgan fingerprint density at radius 1 is 1.27 bits per heavy atom. The van der Waals surface area contributed by atoms with Crippen LogP contribution in [0.25, 0.3) is 16.2 Å². The first kappa shape index (κ1) is 21.9. The maximum Gasteiger partial charge on any atom is 0.239 e. The van der Waals surface area contributed by atoms with Crippen LogP contribution in [0.2, 0.25) is 0 Å². The predicted octanol–water partition coefficient (Wildman–Crippen LogP) is 3.64. The van der Waals surface area contributed by atoms with Gasteiger partial charge in [0, 0.05) is 24.2 Å². The molecule has 1 amide bonds. The normalized spacial score (nSPS) is 11.7. The van der Waals surface area contributed by atoms with Crippen LogP contribution in [-0.4, -0.2) is 52.8 Å². The van der Waals surface area contributed by atoms with E-state index < -0.39 is 0 Å². The molecule has 0 aliphatic carbocycles. The van der Waals surface area contributed by atoms with Gasteiger partial charge in [-0.2, -0.15) is 4.52 Å². The molecule has 9 heteroatoms. The second-order valence-corrected chi connectivity index (χ2v) is 9.50. The number of nitrogens with one attached hydrogen (secondary N) is 2. The van der Waals surface area contributed by atoms with Gasteiger partial charge >= 0.3 is 0 Å². The SMILES string of the molecule is COc1ccc(-c2nc3sc(N(C)CC(=O)NC(C)C)nn3c2NC(C)(C)C)cc1. The molecule has 162 valence electrons. The molecule has 0 unspecified atom stereocenters. The Labute approximate surface area is 181 Å². The zero-order valence-corrected chi connectivity index (χ0v) is 19.4. The standard InChI is InChI=1S/C21H30N6O2S/c1-13(2)22-16(28)12-26(6)20-25-27-18(24-21(3,4)5)17(23-19(27)30-20)14-8-10-15(29-7)11-9-14/h8-11,13,24H,12H2,1-7H3,(H,22,28). The van der Waals surface area contributed by atoms with Gasteiger partial charge in [-0.3, -0.25) is 4.79 Å². The van der Waals surface area contributed by atoms with Crippen molar-refractivity contribution in [2.24, 2.45) is 0 Å². The number of ether oxygens (including phenoxy) is 1. The van der Waals surface area contributed by atoms with E-state index in [-0.39, 0.29) is 24.0 Å². The van der Waals surface area contributed by atoms with Crippen LogP contribution in [0.5, 0.6) is 5.75 Å². The molecule has 0 saturated heterocycles. The van der Waals surface area contributed by atoms with Gasteiger partial charge in [0.25, 0.3) is 0 Å².